The van der Waals surface area contributed by atoms with Crippen LogP contribution in [-0.4, -0.2) is 54.2 Å². The van der Waals surface area contributed by atoms with E-state index in [-0.39, 0.29) is 5.91 Å². The van der Waals surface area contributed by atoms with Crippen molar-refractivity contribution in [3.05, 3.63) is 45.7 Å². The van der Waals surface area contributed by atoms with Gasteiger partial charge in [-0.05, 0) is 55.8 Å². The van der Waals surface area contributed by atoms with Crippen LogP contribution in [0.5, 0.6) is 0 Å². The lowest BCUT2D eigenvalue weighted by atomic mass is 10.1. The third-order valence-corrected chi connectivity index (χ3v) is 6.02. The Morgan fingerprint density at radius 2 is 1.69 bits per heavy atom. The molecule has 158 valence electrons. The Morgan fingerprint density at radius 1 is 1.14 bits per heavy atom. The van der Waals surface area contributed by atoms with Crippen LogP contribution in [-0.2, 0) is 4.79 Å². The highest BCUT2D eigenvalue weighted by Gasteiger charge is 2.38. The lowest BCUT2D eigenvalue weighted by Crippen LogP contribution is -2.43. The average molecular weight is 493 g/mol. The Balaban J connectivity index is 0.000000370. The average Bonchev–Trinajstić information content (AvgIpc) is 3.18. The number of hydrogen-bond acceptors (Lipinski definition) is 4. The van der Waals surface area contributed by atoms with Crippen LogP contribution in [0.15, 0.2) is 40.9 Å². The summed E-state index contributed by atoms with van der Waals surface area (Å²) in [5.74, 6) is -2.62. The molecule has 1 aromatic carbocycles. The molecule has 0 spiro atoms. The zero-order valence-electron chi connectivity index (χ0n) is 15.5. The van der Waals surface area contributed by atoms with Gasteiger partial charge in [0, 0.05) is 22.4 Å². The minimum Gasteiger partial charge on any atom is -0.475 e. The van der Waals surface area contributed by atoms with Crippen molar-refractivity contribution >= 4 is 39.1 Å². The Morgan fingerprint density at radius 3 is 2.21 bits per heavy atom. The Bertz CT molecular complexity index is 834. The summed E-state index contributed by atoms with van der Waals surface area (Å²) in [7, 11) is 1.93. The summed E-state index contributed by atoms with van der Waals surface area (Å²) in [6, 6.07) is 12.5. The zero-order valence-corrected chi connectivity index (χ0v) is 17.9. The van der Waals surface area contributed by atoms with E-state index in [9.17, 15) is 18.0 Å². The van der Waals surface area contributed by atoms with E-state index < -0.39 is 12.1 Å². The van der Waals surface area contributed by atoms with E-state index in [1.807, 2.05) is 36.2 Å². The van der Waals surface area contributed by atoms with Gasteiger partial charge in [-0.3, -0.25) is 4.79 Å². The van der Waals surface area contributed by atoms with Crippen LogP contribution < -0.4 is 5.32 Å². The number of carboxylic acids is 1. The number of carbonyl (C=O) groups is 2. The van der Waals surface area contributed by atoms with E-state index in [2.05, 4.69) is 33.4 Å². The molecule has 5 nitrogen and oxygen atoms in total. The molecule has 10 heteroatoms. The van der Waals surface area contributed by atoms with Crippen LogP contribution in [0.2, 0.25) is 0 Å². The number of benzene rings is 1. The number of nitrogens with zero attached hydrogens (tertiary/aromatic N) is 1. The number of piperidine rings is 1. The summed E-state index contributed by atoms with van der Waals surface area (Å²) < 4.78 is 32.8. The van der Waals surface area contributed by atoms with Gasteiger partial charge >= 0.3 is 12.1 Å². The van der Waals surface area contributed by atoms with Gasteiger partial charge in [0.25, 0.3) is 5.91 Å². The molecule has 0 atom stereocenters. The van der Waals surface area contributed by atoms with Crippen LogP contribution in [0.25, 0.3) is 10.4 Å². The van der Waals surface area contributed by atoms with Gasteiger partial charge in [-0.1, -0.05) is 28.1 Å². The van der Waals surface area contributed by atoms with Gasteiger partial charge in [0.05, 0.1) is 4.88 Å². The number of alkyl halides is 3. The molecular formula is C19H20BrF3N2O3S. The van der Waals surface area contributed by atoms with Crippen molar-refractivity contribution in [2.45, 2.75) is 25.1 Å². The molecule has 1 amide bonds. The molecule has 1 aliphatic heterocycles. The topological polar surface area (TPSA) is 69.6 Å². The molecule has 0 bridgehead atoms. The molecule has 29 heavy (non-hydrogen) atoms. The van der Waals surface area contributed by atoms with Crippen molar-refractivity contribution in [3.63, 3.8) is 0 Å². The third kappa shape index (κ3) is 6.83. The number of amides is 1. The van der Waals surface area contributed by atoms with Gasteiger partial charge in [0.15, 0.2) is 0 Å². The van der Waals surface area contributed by atoms with Crippen molar-refractivity contribution < 1.29 is 27.9 Å². The van der Waals surface area contributed by atoms with Gasteiger partial charge in [0.2, 0.25) is 0 Å². The van der Waals surface area contributed by atoms with Crippen molar-refractivity contribution in [3.8, 4) is 10.4 Å². The Hall–Kier alpha value is -1.91. The van der Waals surface area contributed by atoms with Gasteiger partial charge < -0.3 is 15.3 Å². The number of halogens is 4. The van der Waals surface area contributed by atoms with Gasteiger partial charge in [-0.25, -0.2) is 4.79 Å². The van der Waals surface area contributed by atoms with Gasteiger partial charge in [-0.15, -0.1) is 11.3 Å². The third-order valence-electron chi connectivity index (χ3n) is 4.36. The quantitative estimate of drug-likeness (QED) is 0.654. The number of rotatable bonds is 3. The first kappa shape index (κ1) is 23.4. The normalized spacial score (nSPS) is 14.7. The van der Waals surface area contributed by atoms with E-state index >= 15 is 0 Å². The van der Waals surface area contributed by atoms with Crippen molar-refractivity contribution in [2.24, 2.45) is 0 Å². The molecule has 2 N–H and O–H groups in total. The maximum Gasteiger partial charge on any atom is 0.490 e. The number of hydrogen-bond donors (Lipinski definition) is 2. The van der Waals surface area contributed by atoms with Gasteiger partial charge in [0.1, 0.15) is 0 Å². The van der Waals surface area contributed by atoms with E-state index in [1.54, 1.807) is 11.3 Å². The Kier molecular flexibility index (Phi) is 8.23. The lowest BCUT2D eigenvalue weighted by molar-refractivity contribution is -0.192. The van der Waals surface area contributed by atoms with Crippen molar-refractivity contribution in [1.82, 2.24) is 10.2 Å². The fourth-order valence-electron chi connectivity index (χ4n) is 2.76. The number of thiophene rings is 1. The van der Waals surface area contributed by atoms with Crippen LogP contribution in [0.3, 0.4) is 0 Å². The van der Waals surface area contributed by atoms with E-state index in [0.29, 0.717) is 6.04 Å². The molecule has 1 fully saturated rings. The summed E-state index contributed by atoms with van der Waals surface area (Å²) in [5.41, 5.74) is 1.15. The standard InChI is InChI=1S/C17H19BrN2OS.C2HF3O2/c1-20(14-8-10-19-11-9-14)17(21)16-7-6-15(22-16)12-2-4-13(18)5-3-12;3-2(4,5)1(6)7/h2-7,14,19H,8-11H2,1H3;(H,6,7). The molecule has 1 aromatic heterocycles. The summed E-state index contributed by atoms with van der Waals surface area (Å²) in [5, 5.41) is 10.5. The fraction of sp³-hybridized carbons (Fsp3) is 0.368. The second-order valence-electron chi connectivity index (χ2n) is 6.37. The predicted molar refractivity (Wildman–Crippen MR) is 109 cm³/mol. The van der Waals surface area contributed by atoms with E-state index in [4.69, 9.17) is 9.90 Å². The highest BCUT2D eigenvalue weighted by molar-refractivity contribution is 9.10. The molecule has 2 aromatic rings. The van der Waals surface area contributed by atoms with Crippen molar-refractivity contribution in [2.75, 3.05) is 20.1 Å². The molecule has 1 aliphatic rings. The number of carbonyl (C=O) groups excluding carboxylic acids is 1. The molecule has 1 saturated heterocycles. The second kappa shape index (κ2) is 10.2. The van der Waals surface area contributed by atoms with Crippen LogP contribution >= 0.6 is 27.3 Å². The first-order chi connectivity index (χ1) is 13.6. The molecule has 0 saturated carbocycles. The SMILES string of the molecule is CN(C(=O)c1ccc(-c2ccc(Br)cc2)s1)C1CCNCC1.O=C(O)C(F)(F)F. The number of aliphatic carboxylic acids is 1. The van der Waals surface area contributed by atoms with Gasteiger partial charge in [-0.2, -0.15) is 13.2 Å². The number of nitrogens with one attached hydrogen (secondary N) is 1. The summed E-state index contributed by atoms with van der Waals surface area (Å²) in [4.78, 5) is 25.4. The van der Waals surface area contributed by atoms with Crippen LogP contribution in [0.4, 0.5) is 13.2 Å². The second-order valence-corrected chi connectivity index (χ2v) is 8.37. The minimum atomic E-state index is -5.08. The molecular weight excluding hydrogens is 473 g/mol. The highest BCUT2D eigenvalue weighted by atomic mass is 79.9. The summed E-state index contributed by atoms with van der Waals surface area (Å²) >= 11 is 5.02. The smallest absolute Gasteiger partial charge is 0.475 e. The minimum absolute atomic E-state index is 0.139. The molecule has 0 unspecified atom stereocenters. The molecule has 2 heterocycles. The maximum absolute atomic E-state index is 12.7. The summed E-state index contributed by atoms with van der Waals surface area (Å²) in [6.45, 7) is 1.99. The molecule has 0 radical (unpaired) electrons. The van der Waals surface area contributed by atoms with Crippen molar-refractivity contribution in [1.29, 1.82) is 0 Å². The monoisotopic (exact) mass is 492 g/mol. The largest absolute Gasteiger partial charge is 0.490 e. The molecule has 3 rings (SSSR count). The summed E-state index contributed by atoms with van der Waals surface area (Å²) in [6.07, 6.45) is -3.01. The lowest BCUT2D eigenvalue weighted by Gasteiger charge is -2.31. The fourth-order valence-corrected chi connectivity index (χ4v) is 4.01. The first-order valence-corrected chi connectivity index (χ1v) is 10.3. The van der Waals surface area contributed by atoms with Crippen LogP contribution in [0, 0.1) is 0 Å². The predicted octanol–water partition coefficient (Wildman–Crippen LogP) is 4.63. The first-order valence-electron chi connectivity index (χ1n) is 8.73. The highest BCUT2D eigenvalue weighted by Crippen LogP contribution is 2.30. The van der Waals surface area contributed by atoms with E-state index in [1.165, 1.54) is 0 Å². The van der Waals surface area contributed by atoms with Crippen LogP contribution in [0.1, 0.15) is 22.5 Å². The molecule has 0 aliphatic carbocycles. The Labute approximate surface area is 178 Å². The zero-order chi connectivity index (χ0) is 21.6. The van der Waals surface area contributed by atoms with E-state index in [0.717, 1.165) is 45.7 Å². The maximum atomic E-state index is 12.7. The number of carboxylic acid groups (broad SMARTS) is 1.